The Hall–Kier alpha value is -1.95. The van der Waals surface area contributed by atoms with Crippen LogP contribution < -0.4 is 4.74 Å². The van der Waals surface area contributed by atoms with E-state index in [0.29, 0.717) is 17.6 Å². The molecular formula is C28H39N3O3. The fourth-order valence-corrected chi connectivity index (χ4v) is 9.14. The zero-order valence-corrected chi connectivity index (χ0v) is 20.9. The molecule has 6 rings (SSSR count). The van der Waals surface area contributed by atoms with Crippen molar-refractivity contribution in [2.75, 3.05) is 7.11 Å². The van der Waals surface area contributed by atoms with Gasteiger partial charge in [-0.15, -0.1) is 5.10 Å². The number of fused-ring (bicyclic) bond motifs is 6. The lowest BCUT2D eigenvalue weighted by Crippen LogP contribution is -2.51. The van der Waals surface area contributed by atoms with Gasteiger partial charge in [-0.2, -0.15) is 0 Å². The fraction of sp³-hybridized carbons (Fsp3) is 0.750. The number of rotatable bonds is 4. The summed E-state index contributed by atoms with van der Waals surface area (Å²) in [5, 5.41) is 19.2. The second-order valence-corrected chi connectivity index (χ2v) is 12.4. The van der Waals surface area contributed by atoms with E-state index >= 15 is 0 Å². The molecule has 0 spiro atoms. The quantitative estimate of drug-likeness (QED) is 0.685. The van der Waals surface area contributed by atoms with Crippen LogP contribution in [0.4, 0.5) is 0 Å². The maximum absolute atomic E-state index is 13.7. The van der Waals surface area contributed by atoms with Crippen LogP contribution in [0.3, 0.4) is 0 Å². The van der Waals surface area contributed by atoms with Crippen molar-refractivity contribution in [3.63, 3.8) is 0 Å². The largest absolute Gasteiger partial charge is 0.494 e. The average Bonchev–Trinajstić information content (AvgIpc) is 3.38. The summed E-state index contributed by atoms with van der Waals surface area (Å²) in [6.07, 6.45) is 10.3. The average molecular weight is 466 g/mol. The maximum atomic E-state index is 13.7. The number of hydrogen-bond acceptors (Lipinski definition) is 5. The van der Waals surface area contributed by atoms with E-state index in [2.05, 4.69) is 17.2 Å². The summed E-state index contributed by atoms with van der Waals surface area (Å²) in [5.41, 5.74) is 1.22. The zero-order chi connectivity index (χ0) is 23.7. The van der Waals surface area contributed by atoms with Crippen molar-refractivity contribution in [2.45, 2.75) is 83.8 Å². The van der Waals surface area contributed by atoms with Gasteiger partial charge in [0.1, 0.15) is 23.3 Å². The summed E-state index contributed by atoms with van der Waals surface area (Å²) in [4.78, 5) is 13.7. The molecule has 6 heteroatoms. The molecule has 4 aliphatic rings. The van der Waals surface area contributed by atoms with Gasteiger partial charge in [-0.1, -0.05) is 18.2 Å². The Morgan fingerprint density at radius 3 is 2.74 bits per heavy atom. The van der Waals surface area contributed by atoms with Gasteiger partial charge in [-0.3, -0.25) is 4.79 Å². The predicted octanol–water partition coefficient (Wildman–Crippen LogP) is 5.03. The molecule has 0 amide bonds. The minimum absolute atomic E-state index is 0.103. The first kappa shape index (κ1) is 22.5. The van der Waals surface area contributed by atoms with Gasteiger partial charge in [0.15, 0.2) is 5.78 Å². The highest BCUT2D eigenvalue weighted by Crippen LogP contribution is 2.64. The first-order valence-corrected chi connectivity index (χ1v) is 13.4. The molecule has 0 saturated heterocycles. The number of Topliss-reactive ketones (excluding diaryl/α,β-unsaturated/α-hetero) is 1. The topological polar surface area (TPSA) is 77.2 Å². The van der Waals surface area contributed by atoms with Crippen LogP contribution >= 0.6 is 0 Å². The van der Waals surface area contributed by atoms with E-state index < -0.39 is 5.60 Å². The van der Waals surface area contributed by atoms with Gasteiger partial charge >= 0.3 is 0 Å². The Morgan fingerprint density at radius 2 is 1.91 bits per heavy atom. The van der Waals surface area contributed by atoms with E-state index in [1.54, 1.807) is 11.8 Å². The number of carbonyl (C=O) groups is 1. The summed E-state index contributed by atoms with van der Waals surface area (Å²) in [6, 6.07) is 5.73. The minimum Gasteiger partial charge on any atom is -0.494 e. The molecule has 4 saturated carbocycles. The van der Waals surface area contributed by atoms with Crippen LogP contribution in [0.1, 0.15) is 71.6 Å². The van der Waals surface area contributed by atoms with Gasteiger partial charge in [0.2, 0.25) is 0 Å². The molecule has 6 nitrogen and oxygen atoms in total. The van der Waals surface area contributed by atoms with Crippen molar-refractivity contribution in [1.82, 2.24) is 15.0 Å². The lowest BCUT2D eigenvalue weighted by atomic mass is 9.49. The first-order chi connectivity index (χ1) is 16.3. The number of para-hydroxylation sites is 1. The molecule has 8 atom stereocenters. The highest BCUT2D eigenvalue weighted by molar-refractivity contribution is 5.86. The second kappa shape index (κ2) is 8.04. The number of carbonyl (C=O) groups excluding carboxylic acids is 1. The van der Waals surface area contributed by atoms with Crippen LogP contribution in [0.25, 0.3) is 11.0 Å². The fourth-order valence-electron chi connectivity index (χ4n) is 9.14. The standard InChI is InChI=1S/C28H39N3O3/c1-27(33)13-11-18-17(15-27)7-8-20-19(18)12-14-28(2)21(20)9-10-22(28)24(32)16-31-26-23(29-30-31)5-4-6-25(26)34-3/h4-6,17-22,33H,7-16H2,1-3H3/t17-,18+,19-,20?,21+,22-,27-,28+/m1/s1. The van der Waals surface area contributed by atoms with E-state index in [1.165, 1.54) is 32.1 Å². The van der Waals surface area contributed by atoms with Gasteiger partial charge in [-0.25, -0.2) is 4.68 Å². The van der Waals surface area contributed by atoms with E-state index in [4.69, 9.17) is 4.74 Å². The van der Waals surface area contributed by atoms with E-state index in [1.807, 2.05) is 25.1 Å². The van der Waals surface area contributed by atoms with Crippen LogP contribution in [-0.2, 0) is 11.3 Å². The molecule has 184 valence electrons. The number of benzene rings is 1. The Morgan fingerprint density at radius 1 is 1.09 bits per heavy atom. The number of aliphatic hydroxyl groups is 1. The number of nitrogens with zero attached hydrogens (tertiary/aromatic N) is 3. The smallest absolute Gasteiger partial charge is 0.157 e. The molecule has 1 N–H and O–H groups in total. The number of ether oxygens (including phenoxy) is 1. The van der Waals surface area contributed by atoms with Gasteiger partial charge < -0.3 is 9.84 Å². The number of methoxy groups -OCH3 is 1. The van der Waals surface area contributed by atoms with Crippen molar-refractivity contribution >= 4 is 16.8 Å². The first-order valence-electron chi connectivity index (χ1n) is 13.4. The Kier molecular flexibility index (Phi) is 5.32. The summed E-state index contributed by atoms with van der Waals surface area (Å²) < 4.78 is 7.27. The molecule has 0 radical (unpaired) electrons. The molecule has 4 fully saturated rings. The number of hydrogen-bond donors (Lipinski definition) is 1. The van der Waals surface area contributed by atoms with E-state index in [0.717, 1.165) is 60.2 Å². The summed E-state index contributed by atoms with van der Waals surface area (Å²) in [6.45, 7) is 4.73. The number of ketones is 1. The molecule has 2 aromatic rings. The van der Waals surface area contributed by atoms with Crippen molar-refractivity contribution < 1.29 is 14.6 Å². The van der Waals surface area contributed by atoms with Crippen LogP contribution in [0.2, 0.25) is 0 Å². The highest BCUT2D eigenvalue weighted by Gasteiger charge is 2.58. The van der Waals surface area contributed by atoms with Gasteiger partial charge in [0.25, 0.3) is 0 Å². The molecule has 1 heterocycles. The van der Waals surface area contributed by atoms with Crippen LogP contribution in [0.5, 0.6) is 5.75 Å². The van der Waals surface area contributed by atoms with Gasteiger partial charge in [0, 0.05) is 5.92 Å². The molecule has 4 aliphatic carbocycles. The van der Waals surface area contributed by atoms with Gasteiger partial charge in [-0.05, 0) is 112 Å². The van der Waals surface area contributed by atoms with Crippen molar-refractivity contribution in [3.05, 3.63) is 18.2 Å². The Balaban J connectivity index is 1.21. The van der Waals surface area contributed by atoms with Crippen molar-refractivity contribution in [2.24, 2.45) is 40.9 Å². The van der Waals surface area contributed by atoms with Gasteiger partial charge in [0.05, 0.1) is 12.7 Å². The van der Waals surface area contributed by atoms with Crippen LogP contribution in [0.15, 0.2) is 18.2 Å². The normalized spacial score (nSPS) is 41.5. The monoisotopic (exact) mass is 465 g/mol. The van der Waals surface area contributed by atoms with Crippen LogP contribution in [-0.4, -0.2) is 38.6 Å². The summed E-state index contributed by atoms with van der Waals surface area (Å²) >= 11 is 0. The molecule has 0 bridgehead atoms. The summed E-state index contributed by atoms with van der Waals surface area (Å²) in [7, 11) is 1.65. The minimum atomic E-state index is -0.462. The lowest BCUT2D eigenvalue weighted by molar-refractivity contribution is -0.133. The Bertz CT molecular complexity index is 1090. The predicted molar refractivity (Wildman–Crippen MR) is 130 cm³/mol. The maximum Gasteiger partial charge on any atom is 0.157 e. The van der Waals surface area contributed by atoms with Crippen molar-refractivity contribution in [1.29, 1.82) is 0 Å². The molecule has 1 aromatic carbocycles. The third-order valence-corrected chi connectivity index (χ3v) is 10.6. The molecule has 1 unspecified atom stereocenters. The SMILES string of the molecule is COc1cccc2nnn(CC(=O)[C@H]3CC[C@H]4C5CC[C@@H]6C[C@](C)(O)CC[C@@H]6[C@H]5CC[C@]34C)c12. The third kappa shape index (κ3) is 3.42. The highest BCUT2D eigenvalue weighted by atomic mass is 16.5. The van der Waals surface area contributed by atoms with E-state index in [9.17, 15) is 9.90 Å². The molecule has 1 aromatic heterocycles. The Labute approximate surface area is 202 Å². The summed E-state index contributed by atoms with van der Waals surface area (Å²) in [5.74, 6) is 4.83. The second-order valence-electron chi connectivity index (χ2n) is 12.4. The molecular weight excluding hydrogens is 426 g/mol. The lowest BCUT2D eigenvalue weighted by Gasteiger charge is -2.56. The molecule has 0 aliphatic heterocycles. The zero-order valence-electron chi connectivity index (χ0n) is 20.9. The van der Waals surface area contributed by atoms with Crippen molar-refractivity contribution in [3.8, 4) is 5.75 Å². The molecule has 34 heavy (non-hydrogen) atoms. The van der Waals surface area contributed by atoms with Crippen LogP contribution in [0, 0.1) is 40.9 Å². The third-order valence-electron chi connectivity index (χ3n) is 10.6. The van der Waals surface area contributed by atoms with E-state index in [-0.39, 0.29) is 17.9 Å². The number of aromatic nitrogens is 3.